The van der Waals surface area contributed by atoms with Gasteiger partial charge >= 0.3 is 30.4 Å². The van der Waals surface area contributed by atoms with E-state index in [0.29, 0.717) is 81.5 Å². The maximum Gasteiger partial charge on any atom is 0.405 e. The molecule has 4 aliphatic heterocycles. The van der Waals surface area contributed by atoms with Gasteiger partial charge in [0.15, 0.2) is 81.0 Å². The average Bonchev–Trinajstić information content (AvgIpc) is 1.50. The normalized spacial score (nSPS) is 19.7. The summed E-state index contributed by atoms with van der Waals surface area (Å²) in [5, 5.41) is 0.816. The third kappa shape index (κ3) is 18.9. The number of methoxy groups -OCH3 is 1. The Bertz CT molecular complexity index is 5730. The molecule has 111 heavy (non-hydrogen) atoms. The molecule has 0 amide bonds. The number of nitrogens with two attached hydrogens (primary N) is 4. The molecule has 0 radical (unpaired) electrons. The van der Waals surface area contributed by atoms with Crippen LogP contribution in [0.1, 0.15) is 34.8 Å². The van der Waals surface area contributed by atoms with Crippen molar-refractivity contribution in [2.24, 2.45) is 0 Å². The number of para-hydroxylation sites is 3. The summed E-state index contributed by atoms with van der Waals surface area (Å²) in [4.78, 5) is 88.8. The van der Waals surface area contributed by atoms with Crippen molar-refractivity contribution in [3.05, 3.63) is 184 Å². The number of nitrogens with one attached hydrogen (secondary N) is 4. The van der Waals surface area contributed by atoms with Gasteiger partial charge in [0, 0.05) is 49.3 Å². The molecule has 0 aliphatic carbocycles. The Kier molecular flexibility index (Phi) is 24.3. The highest BCUT2D eigenvalue weighted by Crippen LogP contribution is 2.58. The standard InChI is InChI=1S/C18H21ClN5O6P.C15H15ClN5O5P.C15H15FN5O5P.C15H16N5O5P/c1-27-14-3-2-11(8-12(14)19)13-4-6-29-31(26,30-13)10-28-7-5-24-9-21-15-16(24)22-18(20)23-17(15)25;2*16-10-3-1-2-9-6-25-27(23,26-12(9)10)8-24-5-4-21-7-18-11-13(21)19-15(17)20-14(11)22;16-15-18-13-12(14(21)19-15)17-8-20(13)5-6-23-9-26(22)24-7-10-3-1-2-4-11(10)25-26/h2-3,8-9,13H,4-7,10H2,1H3,(H3,20,22,23,25);2*1-3,7H,4-6,8H2,(H3,17,19,20,22);1-4,8H,5-7,9H2,(H3,16,18,19,21). The van der Waals surface area contributed by atoms with Gasteiger partial charge in [-0.05, 0) is 35.9 Å². The van der Waals surface area contributed by atoms with E-state index in [0.717, 1.165) is 16.7 Å². The first kappa shape index (κ1) is 78.9. The number of hydrogen-bond acceptors (Lipinski definition) is 33. The molecule has 1 fully saturated rings. The van der Waals surface area contributed by atoms with Crippen LogP contribution in [0, 0.1) is 5.82 Å². The molecule has 4 aromatic carbocycles. The first-order valence-electron chi connectivity index (χ1n) is 33.1. The molecule has 16 rings (SSSR count). The number of H-pyrrole nitrogens is 4. The largest absolute Gasteiger partial charge is 0.495 e. The Labute approximate surface area is 633 Å². The SMILES string of the molecule is COc1ccc(C2CCOP(=O)(COCCn3cnc4c(=O)[nH]c(N)nc43)O2)cc1Cl.Nc1nc2c(ncn2CCOCP2(=O)OCc3cccc(Cl)c3O2)c(=O)[nH]1.Nc1nc2c(ncn2CCOCP2(=O)OCc3cccc(F)c3O2)c(=O)[nH]1.Nc1nc2c(ncn2CCOCP2(=O)OCc3ccccc3O2)c(=O)[nH]1. The van der Waals surface area contributed by atoms with Gasteiger partial charge in [0.25, 0.3) is 22.2 Å². The average molecular weight is 1650 g/mol. The zero-order chi connectivity index (χ0) is 78.2. The van der Waals surface area contributed by atoms with Crippen LogP contribution in [0.15, 0.2) is 123 Å². The molecule has 0 spiro atoms. The topological polar surface area (TPSA) is 547 Å². The Morgan fingerprint density at radius 2 is 0.883 bits per heavy atom. The Balaban J connectivity index is 0.000000130. The molecule has 1 saturated heterocycles. The highest BCUT2D eigenvalue weighted by molar-refractivity contribution is 7.54. The molecule has 4 aliphatic rings. The summed E-state index contributed by atoms with van der Waals surface area (Å²) in [6, 6.07) is 22.1. The molecule has 12 N–H and O–H groups in total. The van der Waals surface area contributed by atoms with Crippen LogP contribution in [0.3, 0.4) is 0 Å². The maximum atomic E-state index is 13.8. The molecule has 12 heterocycles. The molecular formula is C63H67Cl2FN20O21P4. The maximum absolute atomic E-state index is 13.8. The number of imidazole rings is 4. The number of rotatable bonds is 22. The minimum absolute atomic E-state index is 0.000782. The molecule has 5 unspecified atom stereocenters. The molecule has 41 nitrogen and oxygen atoms in total. The lowest BCUT2D eigenvalue weighted by Crippen LogP contribution is -2.17. The quantitative estimate of drug-likeness (QED) is 0.0236. The minimum atomic E-state index is -3.62. The summed E-state index contributed by atoms with van der Waals surface area (Å²) in [6.07, 6.45) is 4.97. The van der Waals surface area contributed by atoms with Gasteiger partial charge in [0.1, 0.15) is 17.8 Å². The monoisotopic (exact) mass is 1650 g/mol. The van der Waals surface area contributed by atoms with Crippen molar-refractivity contribution in [2.75, 3.05) is 88.5 Å². The van der Waals surface area contributed by atoms with Crippen molar-refractivity contribution in [3.8, 4) is 23.0 Å². The van der Waals surface area contributed by atoms with Gasteiger partial charge in [-0.3, -0.25) is 61.8 Å². The number of ether oxygens (including phenoxy) is 5. The van der Waals surface area contributed by atoms with E-state index < -0.39 is 64.5 Å². The zero-order valence-corrected chi connectivity index (χ0v) is 63.2. The fourth-order valence-corrected chi connectivity index (χ4v) is 17.3. The predicted octanol–water partition coefficient (Wildman–Crippen LogP) is 7.94. The number of nitrogens with zero attached hydrogens (tertiary/aromatic N) is 12. The van der Waals surface area contributed by atoms with Crippen LogP contribution in [0.25, 0.3) is 44.7 Å². The minimum Gasteiger partial charge on any atom is -0.495 e. The zero-order valence-electron chi connectivity index (χ0n) is 58.1. The first-order valence-corrected chi connectivity index (χ1v) is 40.8. The first-order chi connectivity index (χ1) is 53.3. The van der Waals surface area contributed by atoms with Crippen LogP contribution < -0.4 is 63.5 Å². The molecule has 586 valence electrons. The number of aromatic nitrogens is 16. The summed E-state index contributed by atoms with van der Waals surface area (Å²) in [7, 11) is -12.4. The predicted molar refractivity (Wildman–Crippen MR) is 397 cm³/mol. The van der Waals surface area contributed by atoms with E-state index >= 15 is 0 Å². The van der Waals surface area contributed by atoms with Crippen molar-refractivity contribution < 1.29 is 82.5 Å². The molecule has 5 atom stereocenters. The van der Waals surface area contributed by atoms with Crippen molar-refractivity contribution in [2.45, 2.75) is 58.5 Å². The summed E-state index contributed by atoms with van der Waals surface area (Å²) < 4.78 is 141. The molecule has 8 aromatic heterocycles. The Morgan fingerprint density at radius 1 is 0.486 bits per heavy atom. The second-order valence-electron chi connectivity index (χ2n) is 24.1. The van der Waals surface area contributed by atoms with Crippen LogP contribution in [-0.4, -0.2) is 144 Å². The smallest absolute Gasteiger partial charge is 0.405 e. The van der Waals surface area contributed by atoms with Crippen LogP contribution in [0.4, 0.5) is 28.2 Å². The van der Waals surface area contributed by atoms with Gasteiger partial charge in [0.2, 0.25) is 23.8 Å². The fraction of sp³-hybridized carbons (Fsp3) is 0.302. The highest BCUT2D eigenvalue weighted by atomic mass is 35.5. The third-order valence-electron chi connectivity index (χ3n) is 16.4. The van der Waals surface area contributed by atoms with Crippen molar-refractivity contribution in [1.82, 2.24) is 78.1 Å². The summed E-state index contributed by atoms with van der Waals surface area (Å²) >= 11 is 12.3. The van der Waals surface area contributed by atoms with Crippen LogP contribution in [0.5, 0.6) is 23.0 Å². The second-order valence-corrected chi connectivity index (χ2v) is 32.6. The number of anilines is 4. The number of halogens is 3. The second kappa shape index (κ2) is 34.2. The van der Waals surface area contributed by atoms with Crippen LogP contribution in [0.2, 0.25) is 10.0 Å². The summed E-state index contributed by atoms with van der Waals surface area (Å²) in [5.74, 6) is 0.764. The van der Waals surface area contributed by atoms with E-state index in [1.165, 1.54) is 44.6 Å². The van der Waals surface area contributed by atoms with Gasteiger partial charge < -0.3 is 83.0 Å². The number of aromatic amines is 4. The number of benzene rings is 4. The molecular weight excluding hydrogens is 1590 g/mol. The van der Waals surface area contributed by atoms with E-state index in [-0.39, 0.29) is 136 Å². The number of nitrogen functional groups attached to an aromatic ring is 4. The van der Waals surface area contributed by atoms with E-state index in [4.69, 9.17) is 106 Å². The van der Waals surface area contributed by atoms with Crippen molar-refractivity contribution >= 4 is 122 Å². The highest BCUT2D eigenvalue weighted by Gasteiger charge is 2.38. The lowest BCUT2D eigenvalue weighted by molar-refractivity contribution is 0.0563. The van der Waals surface area contributed by atoms with Crippen molar-refractivity contribution in [3.63, 3.8) is 0 Å². The van der Waals surface area contributed by atoms with Gasteiger partial charge in [-0.2, -0.15) is 19.9 Å². The number of fused-ring (bicyclic) bond motifs is 7. The van der Waals surface area contributed by atoms with E-state index in [1.54, 1.807) is 66.8 Å². The molecule has 0 bridgehead atoms. The molecule has 12 aromatic rings. The summed E-state index contributed by atoms with van der Waals surface area (Å²) in [5.41, 5.74) is 25.5. The Hall–Kier alpha value is -10.3. The fourth-order valence-electron chi connectivity index (χ4n) is 11.1. The van der Waals surface area contributed by atoms with Gasteiger partial charge in [-0.25, -0.2) is 38.0 Å². The van der Waals surface area contributed by atoms with Crippen LogP contribution in [-0.2, 0) is 106 Å². The lowest BCUT2D eigenvalue weighted by atomic mass is 10.1. The molecule has 48 heteroatoms. The Morgan fingerprint density at radius 3 is 1.33 bits per heavy atom. The van der Waals surface area contributed by atoms with E-state index in [2.05, 4.69) is 59.8 Å². The summed E-state index contributed by atoms with van der Waals surface area (Å²) in [6.45, 7) is 2.54. The van der Waals surface area contributed by atoms with Crippen LogP contribution >= 0.6 is 53.6 Å². The van der Waals surface area contributed by atoms with E-state index in [1.807, 2.05) is 18.2 Å². The van der Waals surface area contributed by atoms with Gasteiger partial charge in [-0.1, -0.05) is 71.7 Å². The van der Waals surface area contributed by atoms with Crippen molar-refractivity contribution in [1.29, 1.82) is 0 Å². The van der Waals surface area contributed by atoms with Gasteiger partial charge in [0.05, 0.1) is 101 Å². The third-order valence-corrected chi connectivity index (χ3v) is 23.1. The molecule has 0 saturated carbocycles. The lowest BCUT2D eigenvalue weighted by Gasteiger charge is -2.30. The number of hydrogen-bond donors (Lipinski definition) is 8. The van der Waals surface area contributed by atoms with E-state index in [9.17, 15) is 41.8 Å². The van der Waals surface area contributed by atoms with Gasteiger partial charge in [-0.15, -0.1) is 0 Å².